The van der Waals surface area contributed by atoms with Crippen molar-refractivity contribution in [2.24, 2.45) is 12.8 Å². The molecule has 3 N–H and O–H groups in total. The van der Waals surface area contributed by atoms with Crippen LogP contribution in [0.1, 0.15) is 11.3 Å². The van der Waals surface area contributed by atoms with E-state index in [0.29, 0.717) is 5.88 Å². The SMILES string of the molecule is COc1c(C[C@@H](N)C(=O)O)c(C)nn1C. The van der Waals surface area contributed by atoms with E-state index in [4.69, 9.17) is 15.6 Å². The summed E-state index contributed by atoms with van der Waals surface area (Å²) in [5.41, 5.74) is 6.95. The Hall–Kier alpha value is -1.56. The van der Waals surface area contributed by atoms with Gasteiger partial charge in [0.2, 0.25) is 5.88 Å². The van der Waals surface area contributed by atoms with Crippen molar-refractivity contribution in [2.75, 3.05) is 7.11 Å². The van der Waals surface area contributed by atoms with E-state index in [-0.39, 0.29) is 6.42 Å². The number of methoxy groups -OCH3 is 1. The second-order valence-electron chi connectivity index (χ2n) is 3.35. The van der Waals surface area contributed by atoms with Crippen molar-refractivity contribution in [3.8, 4) is 5.88 Å². The van der Waals surface area contributed by atoms with E-state index in [2.05, 4.69) is 5.10 Å². The lowest BCUT2D eigenvalue weighted by Gasteiger charge is -2.07. The minimum atomic E-state index is -1.03. The Kier molecular flexibility index (Phi) is 3.31. The maximum atomic E-state index is 10.6. The number of aliphatic carboxylic acids is 1. The van der Waals surface area contributed by atoms with Gasteiger partial charge in [-0.3, -0.25) is 4.79 Å². The normalized spacial score (nSPS) is 12.5. The molecule has 6 nitrogen and oxygen atoms in total. The molecule has 1 aromatic heterocycles. The van der Waals surface area contributed by atoms with Crippen LogP contribution in [0.5, 0.6) is 5.88 Å². The van der Waals surface area contributed by atoms with E-state index in [1.54, 1.807) is 18.7 Å². The maximum absolute atomic E-state index is 10.6. The second-order valence-corrected chi connectivity index (χ2v) is 3.35. The number of hydrogen-bond donors (Lipinski definition) is 2. The molecule has 0 aromatic carbocycles. The third-order valence-electron chi connectivity index (χ3n) is 2.22. The molecule has 1 aromatic rings. The molecule has 0 amide bonds. The first kappa shape index (κ1) is 11.5. The molecule has 1 rings (SSSR count). The summed E-state index contributed by atoms with van der Waals surface area (Å²) >= 11 is 0. The summed E-state index contributed by atoms with van der Waals surface area (Å²) in [5, 5.41) is 12.8. The molecule has 0 saturated carbocycles. The third kappa shape index (κ3) is 2.27. The van der Waals surface area contributed by atoms with Gasteiger partial charge in [-0.2, -0.15) is 5.10 Å². The minimum Gasteiger partial charge on any atom is -0.481 e. The summed E-state index contributed by atoms with van der Waals surface area (Å²) in [5.74, 6) is -0.468. The lowest BCUT2D eigenvalue weighted by molar-refractivity contribution is -0.138. The standard InChI is InChI=1S/C9H15N3O3/c1-5-6(4-7(10)9(13)14)8(15-3)12(2)11-5/h7H,4,10H2,1-3H3,(H,13,14)/t7-/m1/s1. The van der Waals surface area contributed by atoms with Crippen LogP contribution in [0, 0.1) is 6.92 Å². The Bertz CT molecular complexity index is 373. The molecular weight excluding hydrogens is 198 g/mol. The highest BCUT2D eigenvalue weighted by atomic mass is 16.5. The van der Waals surface area contributed by atoms with Crippen molar-refractivity contribution in [3.63, 3.8) is 0 Å². The highest BCUT2D eigenvalue weighted by Gasteiger charge is 2.20. The summed E-state index contributed by atoms with van der Waals surface area (Å²) in [6.45, 7) is 1.80. The van der Waals surface area contributed by atoms with Crippen molar-refractivity contribution >= 4 is 5.97 Å². The Morgan fingerprint density at radius 3 is 2.80 bits per heavy atom. The summed E-state index contributed by atoms with van der Waals surface area (Å²) in [6, 6.07) is -0.929. The lowest BCUT2D eigenvalue weighted by atomic mass is 10.1. The van der Waals surface area contributed by atoms with Gasteiger partial charge in [0.15, 0.2) is 0 Å². The molecule has 1 atom stereocenters. The fourth-order valence-electron chi connectivity index (χ4n) is 1.48. The van der Waals surface area contributed by atoms with Crippen molar-refractivity contribution in [1.82, 2.24) is 9.78 Å². The van der Waals surface area contributed by atoms with Crippen LogP contribution in [-0.4, -0.2) is 34.0 Å². The number of carboxylic acids is 1. The van der Waals surface area contributed by atoms with Crippen molar-refractivity contribution in [2.45, 2.75) is 19.4 Å². The number of ether oxygens (including phenoxy) is 1. The molecule has 0 unspecified atom stereocenters. The number of carbonyl (C=O) groups is 1. The quantitative estimate of drug-likeness (QED) is 0.716. The van der Waals surface area contributed by atoms with Gasteiger partial charge < -0.3 is 15.6 Å². The minimum absolute atomic E-state index is 0.220. The zero-order valence-electron chi connectivity index (χ0n) is 9.02. The monoisotopic (exact) mass is 213 g/mol. The molecule has 0 saturated heterocycles. The lowest BCUT2D eigenvalue weighted by Crippen LogP contribution is -2.32. The van der Waals surface area contributed by atoms with Gasteiger partial charge in [0.1, 0.15) is 6.04 Å². The topological polar surface area (TPSA) is 90.4 Å². The molecule has 0 aliphatic heterocycles. The Balaban J connectivity index is 2.98. The van der Waals surface area contributed by atoms with Gasteiger partial charge in [-0.05, 0) is 6.92 Å². The van der Waals surface area contributed by atoms with E-state index in [1.807, 2.05) is 0 Å². The molecule has 0 aliphatic carbocycles. The number of carboxylic acid groups (broad SMARTS) is 1. The van der Waals surface area contributed by atoms with Gasteiger partial charge >= 0.3 is 5.97 Å². The maximum Gasteiger partial charge on any atom is 0.320 e. The third-order valence-corrected chi connectivity index (χ3v) is 2.22. The summed E-state index contributed by atoms with van der Waals surface area (Å²) in [4.78, 5) is 10.6. The molecule has 0 bridgehead atoms. The molecule has 1 heterocycles. The Morgan fingerprint density at radius 1 is 1.73 bits per heavy atom. The zero-order chi connectivity index (χ0) is 11.6. The van der Waals surface area contributed by atoms with Gasteiger partial charge in [-0.25, -0.2) is 4.68 Å². The van der Waals surface area contributed by atoms with Crippen LogP contribution in [0.3, 0.4) is 0 Å². The molecule has 0 fully saturated rings. The van der Waals surface area contributed by atoms with Crippen molar-refractivity contribution in [1.29, 1.82) is 0 Å². The average Bonchev–Trinajstić information content (AvgIpc) is 2.41. The predicted molar refractivity (Wildman–Crippen MR) is 53.8 cm³/mol. The van der Waals surface area contributed by atoms with Gasteiger partial charge in [-0.1, -0.05) is 0 Å². The van der Waals surface area contributed by atoms with Crippen LogP contribution in [0.4, 0.5) is 0 Å². The summed E-state index contributed by atoms with van der Waals surface area (Å²) in [7, 11) is 3.26. The highest BCUT2D eigenvalue weighted by molar-refractivity contribution is 5.73. The van der Waals surface area contributed by atoms with Crippen molar-refractivity contribution < 1.29 is 14.6 Å². The first-order valence-electron chi connectivity index (χ1n) is 4.52. The predicted octanol–water partition coefficient (Wildman–Crippen LogP) is -0.308. The van der Waals surface area contributed by atoms with E-state index in [1.165, 1.54) is 7.11 Å². The fraction of sp³-hybridized carbons (Fsp3) is 0.556. The molecule has 84 valence electrons. The van der Waals surface area contributed by atoms with E-state index in [9.17, 15) is 4.79 Å². The molecule has 15 heavy (non-hydrogen) atoms. The smallest absolute Gasteiger partial charge is 0.320 e. The van der Waals surface area contributed by atoms with Crippen LogP contribution in [0.25, 0.3) is 0 Å². The Morgan fingerprint density at radius 2 is 2.33 bits per heavy atom. The highest BCUT2D eigenvalue weighted by Crippen LogP contribution is 2.21. The summed E-state index contributed by atoms with van der Waals surface area (Å²) in [6.07, 6.45) is 0.220. The van der Waals surface area contributed by atoms with Crippen LogP contribution in [0.2, 0.25) is 0 Å². The largest absolute Gasteiger partial charge is 0.481 e. The molecule has 0 aliphatic rings. The number of rotatable bonds is 4. The Labute approximate surface area is 87.6 Å². The van der Waals surface area contributed by atoms with E-state index < -0.39 is 12.0 Å². The van der Waals surface area contributed by atoms with Crippen LogP contribution in [-0.2, 0) is 18.3 Å². The number of nitrogens with zero attached hydrogens (tertiary/aromatic N) is 2. The van der Waals surface area contributed by atoms with Crippen molar-refractivity contribution in [3.05, 3.63) is 11.3 Å². The first-order chi connectivity index (χ1) is 6.97. The zero-order valence-corrected chi connectivity index (χ0v) is 9.02. The fourth-order valence-corrected chi connectivity index (χ4v) is 1.48. The van der Waals surface area contributed by atoms with Gasteiger partial charge in [0.25, 0.3) is 0 Å². The first-order valence-corrected chi connectivity index (χ1v) is 4.52. The molecule has 6 heteroatoms. The number of aryl methyl sites for hydroxylation is 2. The van der Waals surface area contributed by atoms with Gasteiger partial charge in [0, 0.05) is 19.0 Å². The number of nitrogens with two attached hydrogens (primary N) is 1. The average molecular weight is 213 g/mol. The summed E-state index contributed by atoms with van der Waals surface area (Å²) < 4.78 is 6.70. The number of aromatic nitrogens is 2. The van der Waals surface area contributed by atoms with Crippen LogP contribution >= 0.6 is 0 Å². The molecular formula is C9H15N3O3. The molecule has 0 spiro atoms. The van der Waals surface area contributed by atoms with Crippen LogP contribution in [0.15, 0.2) is 0 Å². The van der Waals surface area contributed by atoms with Gasteiger partial charge in [0.05, 0.1) is 12.8 Å². The number of hydrogen-bond acceptors (Lipinski definition) is 4. The van der Waals surface area contributed by atoms with Gasteiger partial charge in [-0.15, -0.1) is 0 Å². The molecule has 0 radical (unpaired) electrons. The van der Waals surface area contributed by atoms with Crippen LogP contribution < -0.4 is 10.5 Å². The second kappa shape index (κ2) is 4.31. The van der Waals surface area contributed by atoms with E-state index in [0.717, 1.165) is 11.3 Å². The van der Waals surface area contributed by atoms with E-state index >= 15 is 0 Å².